The number of hydrogen-bond acceptors (Lipinski definition) is 7. The van der Waals surface area contributed by atoms with E-state index in [1.54, 1.807) is 19.1 Å². The lowest BCUT2D eigenvalue weighted by Crippen LogP contribution is -2.06. The second kappa shape index (κ2) is 5.67. The van der Waals surface area contributed by atoms with Crippen molar-refractivity contribution >= 4 is 5.97 Å². The molecule has 1 aliphatic rings. The van der Waals surface area contributed by atoms with Crippen molar-refractivity contribution in [3.63, 3.8) is 0 Å². The van der Waals surface area contributed by atoms with Crippen molar-refractivity contribution in [1.29, 1.82) is 0 Å². The number of rotatable bonds is 4. The maximum Gasteiger partial charge on any atom is 0.338 e. The average Bonchev–Trinajstić information content (AvgIpc) is 3.08. The van der Waals surface area contributed by atoms with Crippen LogP contribution in [-0.4, -0.2) is 29.3 Å². The molecule has 0 bridgehead atoms. The number of nitrogens with zero attached hydrogens (tertiary/aromatic N) is 2. The van der Waals surface area contributed by atoms with Gasteiger partial charge >= 0.3 is 5.97 Å². The lowest BCUT2D eigenvalue weighted by molar-refractivity contribution is 0.0429. The van der Waals surface area contributed by atoms with Crippen LogP contribution in [0.4, 0.5) is 0 Å². The second-order valence-corrected chi connectivity index (χ2v) is 5.11. The van der Waals surface area contributed by atoms with E-state index in [4.69, 9.17) is 18.7 Å². The highest BCUT2D eigenvalue weighted by molar-refractivity contribution is 5.90. The molecule has 1 aliphatic heterocycles. The van der Waals surface area contributed by atoms with Gasteiger partial charge in [0.25, 0.3) is 5.89 Å². The Morgan fingerprint density at radius 2 is 2.27 bits per heavy atom. The van der Waals surface area contributed by atoms with E-state index in [1.807, 2.05) is 6.92 Å². The fourth-order valence-electron chi connectivity index (χ4n) is 2.38. The number of ether oxygens (including phenoxy) is 3. The summed E-state index contributed by atoms with van der Waals surface area (Å²) in [4.78, 5) is 16.1. The molecule has 2 aromatic rings. The Labute approximate surface area is 127 Å². The highest BCUT2D eigenvalue weighted by Crippen LogP contribution is 2.39. The number of methoxy groups -OCH3 is 1. The van der Waals surface area contributed by atoms with Crippen LogP contribution in [0.15, 0.2) is 16.7 Å². The minimum Gasteiger partial charge on any atom is -0.493 e. The van der Waals surface area contributed by atoms with E-state index >= 15 is 0 Å². The van der Waals surface area contributed by atoms with E-state index in [-0.39, 0.29) is 18.6 Å². The third-order valence-corrected chi connectivity index (χ3v) is 3.31. The lowest BCUT2D eigenvalue weighted by atomic mass is 10.1. The van der Waals surface area contributed by atoms with Gasteiger partial charge in [-0.25, -0.2) is 4.79 Å². The molecule has 116 valence electrons. The van der Waals surface area contributed by atoms with Gasteiger partial charge in [-0.2, -0.15) is 4.98 Å². The van der Waals surface area contributed by atoms with Gasteiger partial charge in [0.15, 0.2) is 23.9 Å². The van der Waals surface area contributed by atoms with Crippen molar-refractivity contribution < 1.29 is 23.5 Å². The highest BCUT2D eigenvalue weighted by Gasteiger charge is 2.25. The molecule has 0 saturated carbocycles. The normalized spacial score (nSPS) is 16.0. The summed E-state index contributed by atoms with van der Waals surface area (Å²) in [5.41, 5.74) is 1.34. The summed E-state index contributed by atoms with van der Waals surface area (Å²) in [6, 6.07) is 3.38. The highest BCUT2D eigenvalue weighted by atomic mass is 16.6. The zero-order valence-corrected chi connectivity index (χ0v) is 12.6. The van der Waals surface area contributed by atoms with Crippen LogP contribution in [0.25, 0.3) is 0 Å². The average molecular weight is 304 g/mol. The van der Waals surface area contributed by atoms with Crippen LogP contribution in [-0.2, 0) is 17.8 Å². The molecule has 0 aliphatic carbocycles. The molecular formula is C15H16N2O5. The predicted molar refractivity (Wildman–Crippen MR) is 74.9 cm³/mol. The third kappa shape index (κ3) is 2.74. The molecular weight excluding hydrogens is 288 g/mol. The van der Waals surface area contributed by atoms with Gasteiger partial charge in [-0.15, -0.1) is 0 Å². The number of esters is 1. The molecule has 0 saturated heterocycles. The van der Waals surface area contributed by atoms with Crippen molar-refractivity contribution in [1.82, 2.24) is 10.1 Å². The Bertz CT molecular complexity index is 710. The largest absolute Gasteiger partial charge is 0.493 e. The van der Waals surface area contributed by atoms with Crippen molar-refractivity contribution in [2.75, 3.05) is 7.11 Å². The van der Waals surface area contributed by atoms with Gasteiger partial charge in [0.2, 0.25) is 0 Å². The monoisotopic (exact) mass is 304 g/mol. The van der Waals surface area contributed by atoms with E-state index in [1.165, 1.54) is 7.11 Å². The van der Waals surface area contributed by atoms with Crippen LogP contribution in [0, 0.1) is 6.92 Å². The van der Waals surface area contributed by atoms with Gasteiger partial charge in [0.05, 0.1) is 12.7 Å². The zero-order chi connectivity index (χ0) is 15.7. The van der Waals surface area contributed by atoms with E-state index in [0.717, 1.165) is 12.0 Å². The number of hydrogen-bond donors (Lipinski definition) is 0. The first-order valence-corrected chi connectivity index (χ1v) is 6.90. The lowest BCUT2D eigenvalue weighted by Gasteiger charge is -2.10. The Balaban J connectivity index is 1.77. The molecule has 0 radical (unpaired) electrons. The number of aryl methyl sites for hydroxylation is 1. The fourth-order valence-corrected chi connectivity index (χ4v) is 2.38. The Kier molecular flexibility index (Phi) is 3.70. The topological polar surface area (TPSA) is 83.7 Å². The van der Waals surface area contributed by atoms with E-state index < -0.39 is 5.97 Å². The first-order valence-electron chi connectivity index (χ1n) is 6.90. The van der Waals surface area contributed by atoms with Crippen molar-refractivity contribution in [3.8, 4) is 11.5 Å². The fraction of sp³-hybridized carbons (Fsp3) is 0.400. The van der Waals surface area contributed by atoms with Crippen molar-refractivity contribution in [2.45, 2.75) is 33.0 Å². The molecule has 7 heteroatoms. The van der Waals surface area contributed by atoms with Crippen LogP contribution in [0.3, 0.4) is 0 Å². The van der Waals surface area contributed by atoms with Gasteiger partial charge < -0.3 is 18.7 Å². The summed E-state index contributed by atoms with van der Waals surface area (Å²) < 4.78 is 21.1. The summed E-state index contributed by atoms with van der Waals surface area (Å²) in [6.07, 6.45) is 0.798. The van der Waals surface area contributed by atoms with Gasteiger partial charge in [-0.05, 0) is 26.0 Å². The van der Waals surface area contributed by atoms with Gasteiger partial charge in [0.1, 0.15) is 6.10 Å². The SMILES string of the molecule is COc1cc(C(=O)OCc2nc(C)no2)cc2c1OC(C)C2. The smallest absolute Gasteiger partial charge is 0.338 e. The van der Waals surface area contributed by atoms with E-state index in [2.05, 4.69) is 10.1 Å². The predicted octanol–water partition coefficient (Wildman–Crippen LogP) is 2.07. The molecule has 1 aromatic heterocycles. The Morgan fingerprint density at radius 3 is 2.95 bits per heavy atom. The Morgan fingerprint density at radius 1 is 1.45 bits per heavy atom. The molecule has 0 amide bonds. The number of aromatic nitrogens is 2. The van der Waals surface area contributed by atoms with Gasteiger partial charge in [0, 0.05) is 12.0 Å². The molecule has 0 fully saturated rings. The molecule has 1 unspecified atom stereocenters. The van der Waals surface area contributed by atoms with Crippen LogP contribution in [0.1, 0.15) is 34.6 Å². The second-order valence-electron chi connectivity index (χ2n) is 5.11. The van der Waals surface area contributed by atoms with Crippen molar-refractivity contribution in [2.24, 2.45) is 0 Å². The summed E-state index contributed by atoms with van der Waals surface area (Å²) in [6.45, 7) is 3.60. The summed E-state index contributed by atoms with van der Waals surface area (Å²) in [5, 5.41) is 3.64. The summed E-state index contributed by atoms with van der Waals surface area (Å²) in [5.74, 6) is 1.50. The standard InChI is InChI=1S/C15H16N2O5/c1-8-4-10-5-11(6-12(19-3)14(10)21-8)15(18)20-7-13-16-9(2)17-22-13/h5-6,8H,4,7H2,1-3H3. The molecule has 2 heterocycles. The van der Waals surface area contributed by atoms with Gasteiger partial charge in [-0.3, -0.25) is 0 Å². The van der Waals surface area contributed by atoms with Crippen LogP contribution in [0.2, 0.25) is 0 Å². The minimum absolute atomic E-state index is 0.0635. The molecule has 1 atom stereocenters. The molecule has 7 nitrogen and oxygen atoms in total. The van der Waals surface area contributed by atoms with Crippen LogP contribution in [0.5, 0.6) is 11.5 Å². The number of fused-ring (bicyclic) bond motifs is 1. The number of carbonyl (C=O) groups is 1. The quantitative estimate of drug-likeness (QED) is 0.799. The van der Waals surface area contributed by atoms with Crippen LogP contribution >= 0.6 is 0 Å². The maximum absolute atomic E-state index is 12.2. The summed E-state index contributed by atoms with van der Waals surface area (Å²) >= 11 is 0. The number of carbonyl (C=O) groups excluding carboxylic acids is 1. The first kappa shape index (κ1) is 14.4. The molecule has 0 N–H and O–H groups in total. The molecule has 0 spiro atoms. The van der Waals surface area contributed by atoms with E-state index in [9.17, 15) is 4.79 Å². The summed E-state index contributed by atoms with van der Waals surface area (Å²) in [7, 11) is 1.54. The van der Waals surface area contributed by atoms with Gasteiger partial charge in [-0.1, -0.05) is 5.16 Å². The van der Waals surface area contributed by atoms with E-state index in [0.29, 0.717) is 22.9 Å². The number of benzene rings is 1. The maximum atomic E-state index is 12.2. The zero-order valence-electron chi connectivity index (χ0n) is 12.6. The van der Waals surface area contributed by atoms with Crippen LogP contribution < -0.4 is 9.47 Å². The first-order chi connectivity index (χ1) is 10.6. The third-order valence-electron chi connectivity index (χ3n) is 3.31. The minimum atomic E-state index is -0.475. The molecule has 1 aromatic carbocycles. The Hall–Kier alpha value is -2.57. The molecule has 3 rings (SSSR count). The molecule has 22 heavy (non-hydrogen) atoms. The van der Waals surface area contributed by atoms with Crippen molar-refractivity contribution in [3.05, 3.63) is 35.0 Å².